The molecule has 1 heterocycles. The fourth-order valence-electron chi connectivity index (χ4n) is 5.83. The summed E-state index contributed by atoms with van der Waals surface area (Å²) in [4.78, 5) is 3.61. The quantitative estimate of drug-likeness (QED) is 0.179. The van der Waals surface area contributed by atoms with Crippen LogP contribution in [0, 0.1) is 23.3 Å². The Kier molecular flexibility index (Phi) is 6.78. The van der Waals surface area contributed by atoms with Crippen molar-refractivity contribution in [1.82, 2.24) is 4.57 Å². The van der Waals surface area contributed by atoms with E-state index in [2.05, 4.69) is 4.57 Å². The van der Waals surface area contributed by atoms with Gasteiger partial charge in [-0.3, -0.25) is 0 Å². The van der Waals surface area contributed by atoms with Crippen LogP contribution in [0.3, 0.4) is 0 Å². The molecule has 0 bridgehead atoms. The third-order valence-corrected chi connectivity index (χ3v) is 7.76. The Hall–Kier alpha value is -5.56. The molecule has 6 aromatic carbocycles. The third kappa shape index (κ3) is 4.92. The van der Waals surface area contributed by atoms with Crippen molar-refractivity contribution < 1.29 is 17.6 Å². The summed E-state index contributed by atoms with van der Waals surface area (Å²) in [5.41, 5.74) is 5.47. The first-order chi connectivity index (χ1) is 21.4. The maximum atomic E-state index is 14.4. The number of nitrogens with zero attached hydrogens (tertiary/aromatic N) is 3. The highest BCUT2D eigenvalue weighted by Gasteiger charge is 2.19. The van der Waals surface area contributed by atoms with Gasteiger partial charge in [-0.15, -0.1) is 0 Å². The predicted octanol–water partition coefficient (Wildman–Crippen LogP) is 10.8. The largest absolute Gasteiger partial charge is 0.344 e. The van der Waals surface area contributed by atoms with E-state index in [4.69, 9.17) is 0 Å². The van der Waals surface area contributed by atoms with Crippen LogP contribution in [0.15, 0.2) is 133 Å². The smallest absolute Gasteiger partial charge is 0.125 e. The van der Waals surface area contributed by atoms with Crippen molar-refractivity contribution in [3.05, 3.63) is 157 Å². The summed E-state index contributed by atoms with van der Waals surface area (Å²) in [6, 6.07) is 36.5. The van der Waals surface area contributed by atoms with E-state index in [9.17, 15) is 17.6 Å². The van der Waals surface area contributed by atoms with Crippen LogP contribution >= 0.6 is 0 Å². The van der Waals surface area contributed by atoms with E-state index < -0.39 is 23.3 Å². The molecule has 7 aromatic rings. The predicted molar refractivity (Wildman–Crippen MR) is 170 cm³/mol. The molecule has 0 aliphatic heterocycles. The fraction of sp³-hybridized carbons (Fsp3) is 0.0270. The monoisotopic (exact) mass is 587 g/mol. The first-order valence-corrected chi connectivity index (χ1v) is 14.0. The lowest BCUT2D eigenvalue weighted by atomic mass is 10.1. The Balaban J connectivity index is 1.44. The van der Waals surface area contributed by atoms with Crippen molar-refractivity contribution in [2.24, 2.45) is 7.05 Å². The number of aryl methyl sites for hydroxylation is 1. The zero-order valence-corrected chi connectivity index (χ0v) is 23.6. The van der Waals surface area contributed by atoms with Gasteiger partial charge in [-0.2, -0.15) is 0 Å². The second-order valence-corrected chi connectivity index (χ2v) is 10.6. The highest BCUT2D eigenvalue weighted by atomic mass is 19.1. The maximum Gasteiger partial charge on any atom is 0.125 e. The van der Waals surface area contributed by atoms with E-state index in [0.29, 0.717) is 34.1 Å². The van der Waals surface area contributed by atoms with E-state index in [-0.39, 0.29) is 0 Å². The summed E-state index contributed by atoms with van der Waals surface area (Å²) in [7, 11) is 1.97. The van der Waals surface area contributed by atoms with Crippen molar-refractivity contribution in [3.63, 3.8) is 0 Å². The van der Waals surface area contributed by atoms with E-state index >= 15 is 0 Å². The van der Waals surface area contributed by atoms with Crippen LogP contribution in [0.4, 0.5) is 51.7 Å². The van der Waals surface area contributed by atoms with Gasteiger partial charge in [0.25, 0.3) is 0 Å². The van der Waals surface area contributed by atoms with Gasteiger partial charge in [0.05, 0.1) is 0 Å². The van der Waals surface area contributed by atoms with Crippen LogP contribution in [0.1, 0.15) is 0 Å². The van der Waals surface area contributed by atoms with E-state index in [0.717, 1.165) is 21.8 Å². The topological polar surface area (TPSA) is 11.4 Å². The number of halogens is 4. The number of anilines is 6. The van der Waals surface area contributed by atoms with Crippen molar-refractivity contribution in [1.29, 1.82) is 0 Å². The van der Waals surface area contributed by atoms with Crippen LogP contribution in [0.25, 0.3) is 21.8 Å². The average molecular weight is 588 g/mol. The SMILES string of the molecule is Cn1c2ccc(N(c3cccc(F)c3)c3cccc(F)c3)cc2c2cc(N(c3cccc(F)c3)c3cccc(F)c3)ccc21. The van der Waals surface area contributed by atoms with Gasteiger partial charge < -0.3 is 14.4 Å². The summed E-state index contributed by atoms with van der Waals surface area (Å²) < 4.78 is 59.7. The molecule has 3 nitrogen and oxygen atoms in total. The normalized spacial score (nSPS) is 11.3. The Labute approximate surface area is 251 Å². The minimum absolute atomic E-state index is 0.408. The molecule has 216 valence electrons. The zero-order valence-electron chi connectivity index (χ0n) is 23.6. The Morgan fingerprint density at radius 2 is 0.682 bits per heavy atom. The van der Waals surface area contributed by atoms with Crippen molar-refractivity contribution in [2.75, 3.05) is 9.80 Å². The van der Waals surface area contributed by atoms with E-state index in [1.165, 1.54) is 48.5 Å². The summed E-state index contributed by atoms with van der Waals surface area (Å²) in [5.74, 6) is -1.63. The number of hydrogen-bond acceptors (Lipinski definition) is 2. The van der Waals surface area contributed by atoms with Crippen molar-refractivity contribution >= 4 is 55.9 Å². The van der Waals surface area contributed by atoms with Gasteiger partial charge in [0.2, 0.25) is 0 Å². The molecule has 0 aliphatic carbocycles. The zero-order chi connectivity index (χ0) is 30.4. The minimum Gasteiger partial charge on any atom is -0.344 e. The number of benzene rings is 6. The van der Waals surface area contributed by atoms with Crippen molar-refractivity contribution in [3.8, 4) is 0 Å². The lowest BCUT2D eigenvalue weighted by Crippen LogP contribution is -2.10. The molecule has 1 aromatic heterocycles. The number of hydrogen-bond donors (Lipinski definition) is 0. The van der Waals surface area contributed by atoms with Crippen LogP contribution in [0.2, 0.25) is 0 Å². The maximum absolute atomic E-state index is 14.4. The summed E-state index contributed by atoms with van der Waals surface area (Å²) in [6.07, 6.45) is 0. The van der Waals surface area contributed by atoms with Crippen molar-refractivity contribution in [2.45, 2.75) is 0 Å². The van der Waals surface area contributed by atoms with Gasteiger partial charge in [0.15, 0.2) is 0 Å². The molecule has 0 saturated carbocycles. The summed E-state index contributed by atoms with van der Waals surface area (Å²) >= 11 is 0. The van der Waals surface area contributed by atoms with Crippen LogP contribution < -0.4 is 9.80 Å². The van der Waals surface area contributed by atoms with Gasteiger partial charge in [-0.25, -0.2) is 17.6 Å². The standard InChI is InChI=1S/C37H25F4N3/c1-42-36-16-14-32(43(28-10-2-6-24(38)18-28)29-11-3-7-25(39)19-29)22-34(36)35-23-33(15-17-37(35)42)44(30-12-4-8-26(40)20-30)31-13-5-9-27(41)21-31/h2-23H,1H3. The van der Waals surface area contributed by atoms with Gasteiger partial charge in [0.1, 0.15) is 23.3 Å². The van der Waals surface area contributed by atoms with Gasteiger partial charge in [-0.1, -0.05) is 24.3 Å². The molecule has 0 aliphatic rings. The van der Waals surface area contributed by atoms with Gasteiger partial charge in [0, 0.05) is 63.0 Å². The Morgan fingerprint density at radius 3 is 0.977 bits per heavy atom. The number of rotatable bonds is 6. The molecule has 0 N–H and O–H groups in total. The van der Waals surface area contributed by atoms with Crippen LogP contribution in [-0.4, -0.2) is 4.57 Å². The molecule has 0 unspecified atom stereocenters. The first-order valence-electron chi connectivity index (χ1n) is 14.0. The van der Waals surface area contributed by atoms with Gasteiger partial charge >= 0.3 is 0 Å². The lowest BCUT2D eigenvalue weighted by molar-refractivity contribution is 0.626. The molecule has 0 radical (unpaired) electrons. The van der Waals surface area contributed by atoms with Crippen LogP contribution in [0.5, 0.6) is 0 Å². The molecule has 7 rings (SSSR count). The third-order valence-electron chi connectivity index (χ3n) is 7.76. The van der Waals surface area contributed by atoms with Crippen LogP contribution in [-0.2, 0) is 7.05 Å². The number of aromatic nitrogens is 1. The Bertz CT molecular complexity index is 1930. The molecule has 0 amide bonds. The molecular formula is C37H25F4N3. The molecule has 0 spiro atoms. The van der Waals surface area contributed by atoms with E-state index in [1.807, 2.05) is 43.4 Å². The molecule has 0 saturated heterocycles. The summed E-state index contributed by atoms with van der Waals surface area (Å²) in [5, 5.41) is 1.80. The molecule has 44 heavy (non-hydrogen) atoms. The minimum atomic E-state index is -0.408. The number of fused-ring (bicyclic) bond motifs is 3. The molecule has 0 atom stereocenters. The Morgan fingerprint density at radius 1 is 0.386 bits per heavy atom. The second kappa shape index (κ2) is 10.9. The molecular weight excluding hydrogens is 562 g/mol. The highest BCUT2D eigenvalue weighted by Crippen LogP contribution is 2.41. The fourth-order valence-corrected chi connectivity index (χ4v) is 5.83. The second-order valence-electron chi connectivity index (χ2n) is 10.6. The molecule has 0 fully saturated rings. The lowest BCUT2D eigenvalue weighted by Gasteiger charge is -2.26. The van der Waals surface area contributed by atoms with Gasteiger partial charge in [-0.05, 0) is 109 Å². The highest BCUT2D eigenvalue weighted by molar-refractivity contribution is 6.11. The first kappa shape index (κ1) is 27.3. The van der Waals surface area contributed by atoms with E-state index in [1.54, 1.807) is 58.3 Å². The molecule has 7 heteroatoms. The average Bonchev–Trinajstić information content (AvgIpc) is 3.28. The summed E-state index contributed by atoms with van der Waals surface area (Å²) in [6.45, 7) is 0.